The molecule has 0 aliphatic carbocycles. The molecule has 0 aliphatic rings. The van der Waals surface area contributed by atoms with Crippen molar-refractivity contribution >= 4 is 11.5 Å². The number of ether oxygens (including phenoxy) is 2. The van der Waals surface area contributed by atoms with E-state index in [-0.39, 0.29) is 5.52 Å². The summed E-state index contributed by atoms with van der Waals surface area (Å²) in [7, 11) is 3.07. The van der Waals surface area contributed by atoms with E-state index < -0.39 is 18.1 Å². The molecule has 2 aromatic heterocycles. The number of methoxy groups -OCH3 is 2. The van der Waals surface area contributed by atoms with Crippen LogP contribution in [0, 0.1) is 0 Å². The molecule has 9 heteroatoms. The number of aliphatic carboxylic acids is 1. The second-order valence-electron chi connectivity index (χ2n) is 4.92. The lowest BCUT2D eigenvalue weighted by Gasteiger charge is -2.08. The van der Waals surface area contributed by atoms with Crippen LogP contribution in [0.1, 0.15) is 0 Å². The van der Waals surface area contributed by atoms with Crippen molar-refractivity contribution in [3.8, 4) is 22.8 Å². The van der Waals surface area contributed by atoms with Crippen molar-refractivity contribution < 1.29 is 19.4 Å². The minimum atomic E-state index is -1.14. The molecule has 0 saturated carbocycles. The monoisotopic (exact) mass is 330 g/mol. The fraction of sp³-hybridized carbons (Fsp3) is 0.200. The summed E-state index contributed by atoms with van der Waals surface area (Å²) in [5, 5.41) is 16.9. The van der Waals surface area contributed by atoms with Gasteiger partial charge in [0.2, 0.25) is 0 Å². The first kappa shape index (κ1) is 15.5. The second kappa shape index (κ2) is 6.03. The first-order valence-electron chi connectivity index (χ1n) is 6.93. The predicted molar refractivity (Wildman–Crippen MR) is 83.4 cm³/mol. The highest BCUT2D eigenvalue weighted by molar-refractivity contribution is 5.69. The van der Waals surface area contributed by atoms with Crippen LogP contribution in [0.3, 0.4) is 0 Å². The van der Waals surface area contributed by atoms with Gasteiger partial charge < -0.3 is 14.6 Å². The summed E-state index contributed by atoms with van der Waals surface area (Å²) in [6.45, 7) is -0.508. The van der Waals surface area contributed by atoms with Gasteiger partial charge in [0, 0.05) is 5.56 Å². The normalized spacial score (nSPS) is 10.8. The van der Waals surface area contributed by atoms with Crippen molar-refractivity contribution in [1.82, 2.24) is 19.4 Å². The summed E-state index contributed by atoms with van der Waals surface area (Å²) in [6, 6.07) is 6.83. The van der Waals surface area contributed by atoms with E-state index in [4.69, 9.17) is 14.6 Å². The average molecular weight is 330 g/mol. The molecule has 0 amide bonds. The third-order valence-electron chi connectivity index (χ3n) is 3.45. The predicted octanol–water partition coefficient (Wildman–Crippen LogP) is 0.660. The quantitative estimate of drug-likeness (QED) is 0.732. The van der Waals surface area contributed by atoms with Gasteiger partial charge in [0.15, 0.2) is 11.5 Å². The van der Waals surface area contributed by atoms with Crippen molar-refractivity contribution in [2.75, 3.05) is 14.2 Å². The molecule has 0 spiro atoms. The molecular weight excluding hydrogens is 316 g/mol. The van der Waals surface area contributed by atoms with Gasteiger partial charge in [0.05, 0.1) is 19.9 Å². The van der Waals surface area contributed by atoms with E-state index in [0.717, 1.165) is 10.2 Å². The largest absolute Gasteiger partial charge is 0.493 e. The Morgan fingerprint density at radius 2 is 1.96 bits per heavy atom. The van der Waals surface area contributed by atoms with Crippen molar-refractivity contribution in [3.05, 3.63) is 40.9 Å². The number of rotatable bonds is 5. The number of fused-ring (bicyclic) bond motifs is 1. The van der Waals surface area contributed by atoms with Crippen LogP contribution in [0.2, 0.25) is 0 Å². The molecule has 1 aromatic carbocycles. The third-order valence-corrected chi connectivity index (χ3v) is 3.45. The lowest BCUT2D eigenvalue weighted by molar-refractivity contribution is -0.138. The Hall–Kier alpha value is -3.36. The number of carboxylic acids is 1. The maximum absolute atomic E-state index is 12.3. The average Bonchev–Trinajstić information content (AvgIpc) is 3.01. The highest BCUT2D eigenvalue weighted by Gasteiger charge is 2.13. The minimum absolute atomic E-state index is 0.232. The van der Waals surface area contributed by atoms with Crippen LogP contribution < -0.4 is 15.0 Å². The molecule has 124 valence electrons. The molecule has 2 heterocycles. The molecule has 24 heavy (non-hydrogen) atoms. The zero-order valence-electron chi connectivity index (χ0n) is 13.0. The van der Waals surface area contributed by atoms with Gasteiger partial charge in [-0.05, 0) is 24.3 Å². The smallest absolute Gasteiger partial charge is 0.325 e. The van der Waals surface area contributed by atoms with E-state index in [1.54, 1.807) is 31.4 Å². The zero-order chi connectivity index (χ0) is 17.3. The van der Waals surface area contributed by atoms with E-state index in [2.05, 4.69) is 10.2 Å². The molecule has 0 fully saturated rings. The third kappa shape index (κ3) is 2.67. The Balaban J connectivity index is 2.10. The molecular formula is C15H14N4O5. The van der Waals surface area contributed by atoms with Crippen LogP contribution in [-0.4, -0.2) is 44.7 Å². The molecule has 0 unspecified atom stereocenters. The summed E-state index contributed by atoms with van der Waals surface area (Å²) in [6.07, 6.45) is 1.30. The number of hydrogen-bond donors (Lipinski definition) is 1. The molecule has 3 rings (SSSR count). The summed E-state index contributed by atoms with van der Waals surface area (Å²) < 4.78 is 12.6. The number of aromatic nitrogens is 4. The Kier molecular flexibility index (Phi) is 3.90. The zero-order valence-corrected chi connectivity index (χ0v) is 13.0. The van der Waals surface area contributed by atoms with E-state index in [0.29, 0.717) is 17.2 Å². The van der Waals surface area contributed by atoms with Crippen molar-refractivity contribution in [3.63, 3.8) is 0 Å². The summed E-state index contributed by atoms with van der Waals surface area (Å²) in [4.78, 5) is 23.0. The Bertz CT molecular complexity index is 976. The van der Waals surface area contributed by atoms with Crippen LogP contribution in [0.5, 0.6) is 11.5 Å². The molecule has 9 nitrogen and oxygen atoms in total. The molecule has 0 atom stereocenters. The summed E-state index contributed by atoms with van der Waals surface area (Å²) in [5.74, 6) is -0.0301. The van der Waals surface area contributed by atoms with Gasteiger partial charge in [-0.15, -0.1) is 0 Å². The molecule has 0 aliphatic heterocycles. The highest BCUT2D eigenvalue weighted by Crippen LogP contribution is 2.31. The van der Waals surface area contributed by atoms with Crippen molar-refractivity contribution in [2.45, 2.75) is 6.54 Å². The Morgan fingerprint density at radius 3 is 2.62 bits per heavy atom. The number of nitrogens with zero attached hydrogens (tertiary/aromatic N) is 4. The fourth-order valence-corrected chi connectivity index (χ4v) is 2.32. The minimum Gasteiger partial charge on any atom is -0.493 e. The van der Waals surface area contributed by atoms with Crippen molar-refractivity contribution in [1.29, 1.82) is 0 Å². The van der Waals surface area contributed by atoms with E-state index in [1.165, 1.54) is 18.0 Å². The highest BCUT2D eigenvalue weighted by atomic mass is 16.5. The maximum atomic E-state index is 12.3. The summed E-state index contributed by atoms with van der Waals surface area (Å²) in [5.41, 5.74) is 0.957. The lowest BCUT2D eigenvalue weighted by Crippen LogP contribution is -2.27. The standard InChI is InChI=1S/C15H14N4O5/c1-23-12-4-3-9(5-13(12)24-2)10-6-11-15(22)18(7-14(20)21)16-8-19(11)17-10/h3-6,8H,7H2,1-2H3,(H,20,21). The van der Waals surface area contributed by atoms with E-state index >= 15 is 0 Å². The topological polar surface area (TPSA) is 108 Å². The summed E-state index contributed by atoms with van der Waals surface area (Å²) >= 11 is 0. The lowest BCUT2D eigenvalue weighted by atomic mass is 10.1. The molecule has 0 bridgehead atoms. The van der Waals surface area contributed by atoms with E-state index in [1.807, 2.05) is 0 Å². The first-order chi connectivity index (χ1) is 11.5. The van der Waals surface area contributed by atoms with Gasteiger partial charge in [-0.3, -0.25) is 9.59 Å². The van der Waals surface area contributed by atoms with Gasteiger partial charge in [-0.2, -0.15) is 10.2 Å². The fourth-order valence-electron chi connectivity index (χ4n) is 2.32. The SMILES string of the molecule is COc1ccc(-c2cc3c(=O)n(CC(=O)O)ncn3n2)cc1OC. The Labute approximate surface area is 135 Å². The maximum Gasteiger partial charge on any atom is 0.325 e. The Morgan fingerprint density at radius 1 is 1.21 bits per heavy atom. The molecule has 0 radical (unpaired) electrons. The van der Waals surface area contributed by atoms with Gasteiger partial charge in [-0.1, -0.05) is 0 Å². The van der Waals surface area contributed by atoms with Crippen LogP contribution in [0.15, 0.2) is 35.4 Å². The number of carbonyl (C=O) groups is 1. The van der Waals surface area contributed by atoms with Crippen LogP contribution >= 0.6 is 0 Å². The van der Waals surface area contributed by atoms with Gasteiger partial charge in [0.25, 0.3) is 5.56 Å². The van der Waals surface area contributed by atoms with Crippen LogP contribution in [0.25, 0.3) is 16.8 Å². The first-order valence-corrected chi connectivity index (χ1v) is 6.93. The van der Waals surface area contributed by atoms with Crippen molar-refractivity contribution in [2.24, 2.45) is 0 Å². The van der Waals surface area contributed by atoms with E-state index in [9.17, 15) is 9.59 Å². The van der Waals surface area contributed by atoms with Gasteiger partial charge in [-0.25, -0.2) is 9.20 Å². The number of benzene rings is 1. The van der Waals surface area contributed by atoms with Gasteiger partial charge >= 0.3 is 5.97 Å². The molecule has 3 aromatic rings. The number of carboxylic acid groups (broad SMARTS) is 1. The van der Waals surface area contributed by atoms with Crippen LogP contribution in [0.4, 0.5) is 0 Å². The van der Waals surface area contributed by atoms with Gasteiger partial charge in [0.1, 0.15) is 18.4 Å². The van der Waals surface area contributed by atoms with Crippen LogP contribution in [-0.2, 0) is 11.3 Å². The molecule has 1 N–H and O–H groups in total. The number of hydrogen-bond acceptors (Lipinski definition) is 6. The second-order valence-corrected chi connectivity index (χ2v) is 4.92. The molecule has 0 saturated heterocycles.